The van der Waals surface area contributed by atoms with Crippen LogP contribution in [0.5, 0.6) is 0 Å². The van der Waals surface area contributed by atoms with E-state index in [4.69, 9.17) is 0 Å². The van der Waals surface area contributed by atoms with E-state index in [1.165, 1.54) is 18.2 Å². The zero-order valence-electron chi connectivity index (χ0n) is 12.3. The Bertz CT molecular complexity index is 693. The topological polar surface area (TPSA) is 29.1 Å². The molecule has 0 heterocycles. The molecule has 0 unspecified atom stereocenters. The van der Waals surface area contributed by atoms with E-state index in [9.17, 15) is 18.0 Å². The summed E-state index contributed by atoms with van der Waals surface area (Å²) in [5, 5.41) is 2.79. The fourth-order valence-electron chi connectivity index (χ4n) is 2.71. The first-order valence-electron chi connectivity index (χ1n) is 7.49. The van der Waals surface area contributed by atoms with Crippen LogP contribution >= 0.6 is 0 Å². The van der Waals surface area contributed by atoms with E-state index in [0.717, 1.165) is 24.5 Å². The van der Waals surface area contributed by atoms with Gasteiger partial charge in [0, 0.05) is 0 Å². The van der Waals surface area contributed by atoms with Crippen molar-refractivity contribution in [2.45, 2.75) is 25.1 Å². The average molecular weight is 319 g/mol. The van der Waals surface area contributed by atoms with E-state index in [1.54, 1.807) is 0 Å². The van der Waals surface area contributed by atoms with Gasteiger partial charge in [-0.1, -0.05) is 42.5 Å². The van der Waals surface area contributed by atoms with Crippen molar-refractivity contribution in [2.24, 2.45) is 5.92 Å². The molecule has 0 saturated heterocycles. The summed E-state index contributed by atoms with van der Waals surface area (Å²) in [6.07, 6.45) is -2.60. The number of rotatable bonds is 4. The van der Waals surface area contributed by atoms with Crippen molar-refractivity contribution in [3.05, 3.63) is 71.3 Å². The molecule has 120 valence electrons. The quantitative estimate of drug-likeness (QED) is 0.877. The molecule has 0 spiro atoms. The number of alkyl halides is 3. The maximum atomic E-state index is 13.1. The molecule has 1 amide bonds. The van der Waals surface area contributed by atoms with Gasteiger partial charge in [0.25, 0.3) is 5.91 Å². The Balaban J connectivity index is 1.86. The van der Waals surface area contributed by atoms with Gasteiger partial charge in [0.05, 0.1) is 17.2 Å². The van der Waals surface area contributed by atoms with Gasteiger partial charge < -0.3 is 5.32 Å². The van der Waals surface area contributed by atoms with Crippen molar-refractivity contribution in [1.82, 2.24) is 5.32 Å². The average Bonchev–Trinajstić information content (AvgIpc) is 3.37. The second-order valence-corrected chi connectivity index (χ2v) is 5.74. The van der Waals surface area contributed by atoms with Gasteiger partial charge in [-0.05, 0) is 36.5 Å². The number of carbonyl (C=O) groups is 1. The number of benzene rings is 2. The molecule has 1 atom stereocenters. The number of halogens is 3. The first kappa shape index (κ1) is 15.6. The van der Waals surface area contributed by atoms with Gasteiger partial charge >= 0.3 is 6.18 Å². The van der Waals surface area contributed by atoms with Crippen LogP contribution in [0.15, 0.2) is 54.6 Å². The molecular formula is C18H16F3NO. The van der Waals surface area contributed by atoms with Crippen molar-refractivity contribution < 1.29 is 18.0 Å². The highest BCUT2D eigenvalue weighted by Crippen LogP contribution is 2.41. The van der Waals surface area contributed by atoms with Crippen molar-refractivity contribution >= 4 is 5.91 Å². The second kappa shape index (κ2) is 6.07. The molecule has 0 aromatic heterocycles. The van der Waals surface area contributed by atoms with Crippen LogP contribution in [-0.2, 0) is 6.18 Å². The minimum absolute atomic E-state index is 0.245. The standard InChI is InChI=1S/C18H16F3NO/c19-18(20,21)15-9-5-4-8-14(15)17(23)22-16(13-10-11-13)12-6-2-1-3-7-12/h1-9,13,16H,10-11H2,(H,22,23)/t16-/m1/s1. The molecule has 1 aliphatic rings. The van der Waals surface area contributed by atoms with E-state index in [2.05, 4.69) is 5.32 Å². The molecule has 2 aromatic rings. The molecule has 5 heteroatoms. The highest BCUT2D eigenvalue weighted by atomic mass is 19.4. The number of nitrogens with one attached hydrogen (secondary N) is 1. The fraction of sp³-hybridized carbons (Fsp3) is 0.278. The molecule has 0 bridgehead atoms. The summed E-state index contributed by atoms with van der Waals surface area (Å²) in [7, 11) is 0. The smallest absolute Gasteiger partial charge is 0.345 e. The summed E-state index contributed by atoms with van der Waals surface area (Å²) in [6, 6.07) is 14.0. The zero-order valence-corrected chi connectivity index (χ0v) is 12.3. The van der Waals surface area contributed by atoms with Crippen LogP contribution in [0.4, 0.5) is 13.2 Å². The monoisotopic (exact) mass is 319 g/mol. The predicted molar refractivity (Wildman–Crippen MR) is 80.8 cm³/mol. The molecule has 1 N–H and O–H groups in total. The van der Waals surface area contributed by atoms with Crippen LogP contribution in [0.3, 0.4) is 0 Å². The maximum absolute atomic E-state index is 13.1. The van der Waals surface area contributed by atoms with Crippen molar-refractivity contribution in [3.8, 4) is 0 Å². The highest BCUT2D eigenvalue weighted by molar-refractivity contribution is 5.96. The van der Waals surface area contributed by atoms with Crippen LogP contribution in [0.2, 0.25) is 0 Å². The predicted octanol–water partition coefficient (Wildman–Crippen LogP) is 4.59. The van der Waals surface area contributed by atoms with Gasteiger partial charge in [0.15, 0.2) is 0 Å². The first-order valence-corrected chi connectivity index (χ1v) is 7.49. The normalized spacial score (nSPS) is 16.0. The summed E-state index contributed by atoms with van der Waals surface area (Å²) >= 11 is 0. The highest BCUT2D eigenvalue weighted by Gasteiger charge is 2.37. The molecule has 0 radical (unpaired) electrons. The van der Waals surface area contributed by atoms with Gasteiger partial charge in [-0.15, -0.1) is 0 Å². The lowest BCUT2D eigenvalue weighted by Crippen LogP contribution is -2.31. The minimum Gasteiger partial charge on any atom is -0.345 e. The lowest BCUT2D eigenvalue weighted by atomic mass is 10.0. The SMILES string of the molecule is O=C(N[C@H](c1ccccc1)C1CC1)c1ccccc1C(F)(F)F. The molecule has 1 fully saturated rings. The van der Waals surface area contributed by atoms with E-state index in [-0.39, 0.29) is 11.6 Å². The van der Waals surface area contributed by atoms with Crippen LogP contribution in [-0.4, -0.2) is 5.91 Å². The summed E-state index contributed by atoms with van der Waals surface area (Å²) < 4.78 is 39.2. The van der Waals surface area contributed by atoms with E-state index in [0.29, 0.717) is 5.92 Å². The molecule has 3 rings (SSSR count). The Morgan fingerprint density at radius 2 is 1.61 bits per heavy atom. The first-order chi connectivity index (χ1) is 11.0. The van der Waals surface area contributed by atoms with Crippen LogP contribution in [0.25, 0.3) is 0 Å². The number of hydrogen-bond donors (Lipinski definition) is 1. The molecule has 0 aliphatic heterocycles. The van der Waals surface area contributed by atoms with Crippen molar-refractivity contribution in [2.75, 3.05) is 0 Å². The molecular weight excluding hydrogens is 303 g/mol. The lowest BCUT2D eigenvalue weighted by Gasteiger charge is -2.20. The summed E-state index contributed by atoms with van der Waals surface area (Å²) in [4.78, 5) is 12.4. The summed E-state index contributed by atoms with van der Waals surface area (Å²) in [5.41, 5.74) is -0.311. The third-order valence-electron chi connectivity index (χ3n) is 4.02. The van der Waals surface area contributed by atoms with E-state index < -0.39 is 17.6 Å². The number of amides is 1. The summed E-state index contributed by atoms with van der Waals surface area (Å²) in [5.74, 6) is -0.391. The molecule has 1 saturated carbocycles. The molecule has 23 heavy (non-hydrogen) atoms. The van der Waals surface area contributed by atoms with Crippen LogP contribution in [0.1, 0.15) is 40.4 Å². The number of hydrogen-bond acceptors (Lipinski definition) is 1. The van der Waals surface area contributed by atoms with Gasteiger partial charge in [0.2, 0.25) is 0 Å². The summed E-state index contributed by atoms with van der Waals surface area (Å²) in [6.45, 7) is 0. The van der Waals surface area contributed by atoms with Gasteiger partial charge in [-0.3, -0.25) is 4.79 Å². The Hall–Kier alpha value is -2.30. The van der Waals surface area contributed by atoms with Crippen LogP contribution < -0.4 is 5.32 Å². The Labute approximate surface area is 132 Å². The second-order valence-electron chi connectivity index (χ2n) is 5.74. The van der Waals surface area contributed by atoms with Gasteiger partial charge in [0.1, 0.15) is 0 Å². The minimum atomic E-state index is -4.55. The van der Waals surface area contributed by atoms with Crippen molar-refractivity contribution in [1.29, 1.82) is 0 Å². The zero-order chi connectivity index (χ0) is 16.4. The third kappa shape index (κ3) is 3.55. The Kier molecular flexibility index (Phi) is 4.11. The van der Waals surface area contributed by atoms with E-state index >= 15 is 0 Å². The molecule has 2 aromatic carbocycles. The lowest BCUT2D eigenvalue weighted by molar-refractivity contribution is -0.137. The molecule has 2 nitrogen and oxygen atoms in total. The third-order valence-corrected chi connectivity index (χ3v) is 4.02. The van der Waals surface area contributed by atoms with E-state index in [1.807, 2.05) is 30.3 Å². The molecule has 1 aliphatic carbocycles. The van der Waals surface area contributed by atoms with Gasteiger partial charge in [-0.2, -0.15) is 13.2 Å². The maximum Gasteiger partial charge on any atom is 0.417 e. The van der Waals surface area contributed by atoms with Gasteiger partial charge in [-0.25, -0.2) is 0 Å². The van der Waals surface area contributed by atoms with Crippen LogP contribution in [0, 0.1) is 5.92 Å². The Morgan fingerprint density at radius 1 is 1.00 bits per heavy atom. The number of carbonyl (C=O) groups excluding carboxylic acids is 1. The largest absolute Gasteiger partial charge is 0.417 e. The fourth-order valence-corrected chi connectivity index (χ4v) is 2.71. The Morgan fingerprint density at radius 3 is 2.22 bits per heavy atom. The van der Waals surface area contributed by atoms with Crippen molar-refractivity contribution in [3.63, 3.8) is 0 Å².